The van der Waals surface area contributed by atoms with E-state index in [0.717, 1.165) is 0 Å². The van der Waals surface area contributed by atoms with Crippen LogP contribution < -0.4 is 10.1 Å². The number of amides is 1. The second kappa shape index (κ2) is 6.08. The van der Waals surface area contributed by atoms with Crippen LogP contribution in [0.5, 0.6) is 5.75 Å². The molecule has 0 fully saturated rings. The van der Waals surface area contributed by atoms with E-state index in [1.54, 1.807) is 6.92 Å². The first-order valence-electron chi connectivity index (χ1n) is 5.04. The zero-order valence-electron chi connectivity index (χ0n) is 9.42. The Hall–Kier alpha value is -1.24. The number of alkyl halides is 4. The highest BCUT2D eigenvalue weighted by atomic mass is 79.9. The predicted molar refractivity (Wildman–Crippen MR) is 63.4 cm³/mol. The second-order valence-corrected chi connectivity index (χ2v) is 4.90. The lowest BCUT2D eigenvalue weighted by atomic mass is 10.2. The van der Waals surface area contributed by atoms with Gasteiger partial charge in [0.2, 0.25) is 5.91 Å². The van der Waals surface area contributed by atoms with Crippen molar-refractivity contribution in [2.45, 2.75) is 24.7 Å². The normalized spacial score (nSPS) is 12.9. The van der Waals surface area contributed by atoms with Crippen LogP contribution in [-0.4, -0.2) is 17.1 Å². The van der Waals surface area contributed by atoms with Crippen LogP contribution in [0.4, 0.5) is 13.2 Å². The van der Waals surface area contributed by atoms with Gasteiger partial charge in [0, 0.05) is 6.54 Å². The highest BCUT2D eigenvalue weighted by Gasteiger charge is 2.30. The lowest BCUT2D eigenvalue weighted by Crippen LogP contribution is -2.28. The van der Waals surface area contributed by atoms with Gasteiger partial charge in [-0.3, -0.25) is 4.79 Å². The molecule has 1 aromatic rings. The minimum atomic E-state index is -4.69. The minimum absolute atomic E-state index is 0.189. The lowest BCUT2D eigenvalue weighted by molar-refractivity contribution is -0.274. The molecule has 0 bridgehead atoms. The maximum Gasteiger partial charge on any atom is 0.573 e. The Morgan fingerprint density at radius 1 is 1.39 bits per heavy atom. The molecule has 0 aliphatic carbocycles. The van der Waals surface area contributed by atoms with Crippen LogP contribution in [0, 0.1) is 0 Å². The van der Waals surface area contributed by atoms with E-state index in [2.05, 4.69) is 26.0 Å². The van der Waals surface area contributed by atoms with Crippen LogP contribution in [0.1, 0.15) is 12.5 Å². The number of hydrogen-bond acceptors (Lipinski definition) is 2. The fourth-order valence-corrected chi connectivity index (χ4v) is 1.30. The topological polar surface area (TPSA) is 38.3 Å². The third-order valence-electron chi connectivity index (χ3n) is 1.98. The van der Waals surface area contributed by atoms with Crippen LogP contribution in [0.3, 0.4) is 0 Å². The number of rotatable bonds is 4. The van der Waals surface area contributed by atoms with Crippen molar-refractivity contribution in [1.82, 2.24) is 5.32 Å². The Labute approximate surface area is 110 Å². The predicted octanol–water partition coefficient (Wildman–Crippen LogP) is 2.98. The Kier molecular flexibility index (Phi) is 5.01. The summed E-state index contributed by atoms with van der Waals surface area (Å²) in [5.41, 5.74) is 0.686. The number of carbonyl (C=O) groups is 1. The van der Waals surface area contributed by atoms with Crippen molar-refractivity contribution < 1.29 is 22.7 Å². The van der Waals surface area contributed by atoms with Gasteiger partial charge in [-0.2, -0.15) is 0 Å². The Morgan fingerprint density at radius 3 is 2.39 bits per heavy atom. The Morgan fingerprint density at radius 2 is 1.94 bits per heavy atom. The summed E-state index contributed by atoms with van der Waals surface area (Å²) in [7, 11) is 0. The van der Waals surface area contributed by atoms with Crippen molar-refractivity contribution in [3.05, 3.63) is 29.8 Å². The van der Waals surface area contributed by atoms with Gasteiger partial charge < -0.3 is 10.1 Å². The molecule has 0 aliphatic heterocycles. The smallest absolute Gasteiger partial charge is 0.406 e. The van der Waals surface area contributed by atoms with Crippen LogP contribution >= 0.6 is 15.9 Å². The number of carbonyl (C=O) groups excluding carboxylic acids is 1. The van der Waals surface area contributed by atoms with Crippen molar-refractivity contribution in [2.24, 2.45) is 0 Å². The van der Waals surface area contributed by atoms with E-state index in [9.17, 15) is 18.0 Å². The van der Waals surface area contributed by atoms with Crippen molar-refractivity contribution >= 4 is 21.8 Å². The molecule has 0 aromatic heterocycles. The van der Waals surface area contributed by atoms with Crippen LogP contribution in [0.15, 0.2) is 24.3 Å². The summed E-state index contributed by atoms with van der Waals surface area (Å²) in [6, 6.07) is 5.32. The van der Waals surface area contributed by atoms with Gasteiger partial charge in [0.15, 0.2) is 0 Å². The first-order chi connectivity index (χ1) is 8.28. The zero-order valence-corrected chi connectivity index (χ0v) is 11.0. The Balaban J connectivity index is 2.53. The van der Waals surface area contributed by atoms with Crippen LogP contribution in [-0.2, 0) is 11.3 Å². The van der Waals surface area contributed by atoms with Gasteiger partial charge >= 0.3 is 6.36 Å². The van der Waals surface area contributed by atoms with Crippen molar-refractivity contribution in [1.29, 1.82) is 0 Å². The minimum Gasteiger partial charge on any atom is -0.406 e. The summed E-state index contributed by atoms with van der Waals surface area (Å²) < 4.78 is 39.4. The van der Waals surface area contributed by atoms with Gasteiger partial charge in [0.1, 0.15) is 5.75 Å². The van der Waals surface area contributed by atoms with Gasteiger partial charge in [0.25, 0.3) is 0 Å². The summed E-state index contributed by atoms with van der Waals surface area (Å²) in [6.45, 7) is 1.93. The molecule has 1 aromatic carbocycles. The molecule has 0 spiro atoms. The molecule has 0 aliphatic rings. The molecule has 100 valence electrons. The molecule has 1 N–H and O–H groups in total. The number of hydrogen-bond donors (Lipinski definition) is 1. The molecule has 1 rings (SSSR count). The standard InChI is InChI=1S/C11H11BrF3NO2/c1-7(12)10(17)16-6-8-2-4-9(5-3-8)18-11(13,14)15/h2-5,7H,6H2,1H3,(H,16,17). The Bertz CT molecular complexity index is 404. The van der Waals surface area contributed by atoms with E-state index in [4.69, 9.17) is 0 Å². The average molecular weight is 326 g/mol. The fourth-order valence-electron chi connectivity index (χ4n) is 1.14. The highest BCUT2D eigenvalue weighted by Crippen LogP contribution is 2.22. The monoisotopic (exact) mass is 325 g/mol. The molecule has 0 saturated heterocycles. The van der Waals surface area contributed by atoms with E-state index in [-0.39, 0.29) is 23.0 Å². The summed E-state index contributed by atoms with van der Waals surface area (Å²) in [6.07, 6.45) is -4.69. The number of nitrogens with one attached hydrogen (secondary N) is 1. The molecule has 1 unspecified atom stereocenters. The maximum atomic E-state index is 11.9. The number of benzene rings is 1. The molecule has 1 atom stereocenters. The van der Waals surface area contributed by atoms with Gasteiger partial charge in [-0.1, -0.05) is 28.1 Å². The van der Waals surface area contributed by atoms with Gasteiger partial charge in [0.05, 0.1) is 4.83 Å². The number of halogens is 4. The SMILES string of the molecule is CC(Br)C(=O)NCc1ccc(OC(F)(F)F)cc1. The van der Waals surface area contributed by atoms with E-state index in [1.807, 2.05) is 0 Å². The van der Waals surface area contributed by atoms with Crippen molar-refractivity contribution in [3.63, 3.8) is 0 Å². The summed E-state index contributed by atoms with van der Waals surface area (Å²) >= 11 is 3.10. The molecule has 18 heavy (non-hydrogen) atoms. The lowest BCUT2D eigenvalue weighted by Gasteiger charge is -2.10. The van der Waals surface area contributed by atoms with Gasteiger partial charge in [-0.25, -0.2) is 0 Å². The maximum absolute atomic E-state index is 11.9. The van der Waals surface area contributed by atoms with Gasteiger partial charge in [-0.15, -0.1) is 13.2 Å². The molecular weight excluding hydrogens is 315 g/mol. The molecule has 0 heterocycles. The van der Waals surface area contributed by atoms with E-state index >= 15 is 0 Å². The first kappa shape index (κ1) is 14.8. The molecule has 1 amide bonds. The molecule has 0 radical (unpaired) electrons. The summed E-state index contributed by atoms with van der Waals surface area (Å²) in [5.74, 6) is -0.475. The van der Waals surface area contributed by atoms with E-state index in [0.29, 0.717) is 5.56 Å². The molecule has 3 nitrogen and oxygen atoms in total. The summed E-state index contributed by atoms with van der Waals surface area (Å²) in [4.78, 5) is 10.9. The van der Waals surface area contributed by atoms with Crippen molar-refractivity contribution in [3.8, 4) is 5.75 Å². The quantitative estimate of drug-likeness (QED) is 0.864. The largest absolute Gasteiger partial charge is 0.573 e. The second-order valence-electron chi connectivity index (χ2n) is 3.53. The van der Waals surface area contributed by atoms with Crippen LogP contribution in [0.25, 0.3) is 0 Å². The third-order valence-corrected chi connectivity index (χ3v) is 2.40. The van der Waals surface area contributed by atoms with E-state index in [1.165, 1.54) is 24.3 Å². The third kappa shape index (κ3) is 5.39. The molecule has 7 heteroatoms. The first-order valence-corrected chi connectivity index (χ1v) is 5.96. The number of ether oxygens (including phenoxy) is 1. The molecular formula is C11H11BrF3NO2. The van der Waals surface area contributed by atoms with Gasteiger partial charge in [-0.05, 0) is 24.6 Å². The fraction of sp³-hybridized carbons (Fsp3) is 0.364. The van der Waals surface area contributed by atoms with E-state index < -0.39 is 6.36 Å². The summed E-state index contributed by atoms with van der Waals surface area (Å²) in [5, 5.41) is 2.62. The van der Waals surface area contributed by atoms with Crippen LogP contribution in [0.2, 0.25) is 0 Å². The molecule has 0 saturated carbocycles. The van der Waals surface area contributed by atoms with Crippen molar-refractivity contribution in [2.75, 3.05) is 0 Å². The average Bonchev–Trinajstić information content (AvgIpc) is 2.25. The zero-order chi connectivity index (χ0) is 13.8. The highest BCUT2D eigenvalue weighted by molar-refractivity contribution is 9.10.